The van der Waals surface area contributed by atoms with E-state index in [2.05, 4.69) is 0 Å². The van der Waals surface area contributed by atoms with Crippen LogP contribution in [0, 0.1) is 11.6 Å². The standard InChI is InChI=1S/C12H7ClF2OS/c13-10-1-2-17-12(10)11(16)5-7-3-8(14)6-9(15)4-7/h1-4,6H,5H2. The highest BCUT2D eigenvalue weighted by Crippen LogP contribution is 2.24. The van der Waals surface area contributed by atoms with Crippen molar-refractivity contribution in [2.45, 2.75) is 6.42 Å². The molecule has 17 heavy (non-hydrogen) atoms. The number of hydrogen-bond acceptors (Lipinski definition) is 2. The first kappa shape index (κ1) is 12.2. The van der Waals surface area contributed by atoms with Crippen LogP contribution in [0.15, 0.2) is 29.6 Å². The number of ketones is 1. The Bertz CT molecular complexity index is 545. The normalized spacial score (nSPS) is 10.5. The summed E-state index contributed by atoms with van der Waals surface area (Å²) < 4.78 is 25.9. The molecule has 2 aromatic rings. The molecule has 0 aliphatic rings. The molecule has 1 aromatic heterocycles. The van der Waals surface area contributed by atoms with Gasteiger partial charge in [-0.2, -0.15) is 0 Å². The SMILES string of the molecule is O=C(Cc1cc(F)cc(F)c1)c1sccc1Cl. The molecule has 5 heteroatoms. The Morgan fingerprint density at radius 2 is 1.88 bits per heavy atom. The topological polar surface area (TPSA) is 17.1 Å². The molecule has 0 radical (unpaired) electrons. The van der Waals surface area contributed by atoms with E-state index in [9.17, 15) is 13.6 Å². The third kappa shape index (κ3) is 2.90. The molecule has 0 bridgehead atoms. The Hall–Kier alpha value is -1.26. The molecule has 0 saturated heterocycles. The number of thiophene rings is 1. The number of carbonyl (C=O) groups is 1. The number of hydrogen-bond donors (Lipinski definition) is 0. The quantitative estimate of drug-likeness (QED) is 0.769. The van der Waals surface area contributed by atoms with Crippen LogP contribution in [0.4, 0.5) is 8.78 Å². The summed E-state index contributed by atoms with van der Waals surface area (Å²) in [5.41, 5.74) is 0.303. The Morgan fingerprint density at radius 1 is 1.24 bits per heavy atom. The van der Waals surface area contributed by atoms with Gasteiger partial charge in [-0.1, -0.05) is 11.6 Å². The van der Waals surface area contributed by atoms with E-state index in [-0.39, 0.29) is 12.2 Å². The first-order valence-electron chi connectivity index (χ1n) is 4.77. The Labute approximate surface area is 106 Å². The van der Waals surface area contributed by atoms with Gasteiger partial charge < -0.3 is 0 Å². The van der Waals surface area contributed by atoms with Crippen LogP contribution in [-0.2, 0) is 6.42 Å². The van der Waals surface area contributed by atoms with Crippen molar-refractivity contribution in [3.63, 3.8) is 0 Å². The summed E-state index contributed by atoms with van der Waals surface area (Å²) in [6, 6.07) is 4.67. The van der Waals surface area contributed by atoms with Gasteiger partial charge in [0.05, 0.1) is 9.90 Å². The molecule has 0 unspecified atom stereocenters. The van der Waals surface area contributed by atoms with Crippen molar-refractivity contribution in [1.82, 2.24) is 0 Å². The number of Topliss-reactive ketones (excluding diaryl/α,β-unsaturated/α-hetero) is 1. The van der Waals surface area contributed by atoms with Crippen molar-refractivity contribution in [3.05, 3.63) is 56.7 Å². The summed E-state index contributed by atoms with van der Waals surface area (Å²) >= 11 is 7.02. The highest BCUT2D eigenvalue weighted by molar-refractivity contribution is 7.12. The lowest BCUT2D eigenvalue weighted by Gasteiger charge is -2.01. The second kappa shape index (κ2) is 4.94. The van der Waals surface area contributed by atoms with Gasteiger partial charge in [0.2, 0.25) is 0 Å². The summed E-state index contributed by atoms with van der Waals surface area (Å²) in [7, 11) is 0. The third-order valence-electron chi connectivity index (χ3n) is 2.16. The van der Waals surface area contributed by atoms with Crippen LogP contribution in [0.25, 0.3) is 0 Å². The lowest BCUT2D eigenvalue weighted by atomic mass is 10.1. The van der Waals surface area contributed by atoms with Gasteiger partial charge in [-0.15, -0.1) is 11.3 Å². The molecule has 88 valence electrons. The molecule has 0 spiro atoms. The number of benzene rings is 1. The minimum absolute atomic E-state index is 0.0606. The smallest absolute Gasteiger partial charge is 0.178 e. The van der Waals surface area contributed by atoms with Crippen molar-refractivity contribution in [2.24, 2.45) is 0 Å². The van der Waals surface area contributed by atoms with Gasteiger partial charge in [-0.05, 0) is 29.1 Å². The maximum atomic E-state index is 12.9. The Balaban J connectivity index is 2.21. The maximum Gasteiger partial charge on any atom is 0.178 e. The summed E-state index contributed by atoms with van der Waals surface area (Å²) in [4.78, 5) is 12.2. The van der Waals surface area contributed by atoms with Gasteiger partial charge >= 0.3 is 0 Å². The molecular weight excluding hydrogens is 266 g/mol. The van der Waals surface area contributed by atoms with E-state index in [0.29, 0.717) is 15.5 Å². The van der Waals surface area contributed by atoms with E-state index < -0.39 is 11.6 Å². The predicted molar refractivity (Wildman–Crippen MR) is 63.7 cm³/mol. The first-order chi connectivity index (χ1) is 8.06. The molecule has 1 heterocycles. The third-order valence-corrected chi connectivity index (χ3v) is 3.54. The van der Waals surface area contributed by atoms with Crippen LogP contribution in [0.3, 0.4) is 0 Å². The summed E-state index contributed by atoms with van der Waals surface area (Å²) in [5, 5.41) is 2.07. The lowest BCUT2D eigenvalue weighted by Crippen LogP contribution is -2.02. The number of halogens is 3. The summed E-state index contributed by atoms with van der Waals surface area (Å²) in [5.74, 6) is -1.62. The number of rotatable bonds is 3. The fourth-order valence-electron chi connectivity index (χ4n) is 1.47. The fourth-order valence-corrected chi connectivity index (χ4v) is 2.57. The van der Waals surface area contributed by atoms with E-state index in [0.717, 1.165) is 18.2 Å². The van der Waals surface area contributed by atoms with E-state index in [1.54, 1.807) is 11.4 Å². The van der Waals surface area contributed by atoms with Crippen molar-refractivity contribution >= 4 is 28.7 Å². The second-order valence-electron chi connectivity index (χ2n) is 3.48. The van der Waals surface area contributed by atoms with Gasteiger partial charge in [0.15, 0.2) is 5.78 Å². The molecule has 0 aliphatic heterocycles. The molecule has 2 rings (SSSR count). The molecular formula is C12H7ClF2OS. The van der Waals surface area contributed by atoms with Crippen LogP contribution in [0.2, 0.25) is 5.02 Å². The second-order valence-corrected chi connectivity index (χ2v) is 4.80. The van der Waals surface area contributed by atoms with Crippen molar-refractivity contribution < 1.29 is 13.6 Å². The van der Waals surface area contributed by atoms with Gasteiger partial charge in [0.25, 0.3) is 0 Å². The van der Waals surface area contributed by atoms with Crippen LogP contribution in [0.5, 0.6) is 0 Å². The van der Waals surface area contributed by atoms with Crippen LogP contribution in [-0.4, -0.2) is 5.78 Å². The Morgan fingerprint density at radius 3 is 2.41 bits per heavy atom. The fraction of sp³-hybridized carbons (Fsp3) is 0.0833. The van der Waals surface area contributed by atoms with Crippen molar-refractivity contribution in [1.29, 1.82) is 0 Å². The molecule has 1 nitrogen and oxygen atoms in total. The highest BCUT2D eigenvalue weighted by Gasteiger charge is 2.13. The minimum Gasteiger partial charge on any atom is -0.293 e. The molecule has 0 N–H and O–H groups in total. The zero-order valence-corrected chi connectivity index (χ0v) is 10.1. The molecule has 0 atom stereocenters. The summed E-state index contributed by atoms with van der Waals surface area (Å²) in [6.07, 6.45) is -0.0606. The van der Waals surface area contributed by atoms with Gasteiger partial charge in [0, 0.05) is 12.5 Å². The predicted octanol–water partition coefficient (Wildman–Crippen LogP) is 4.11. The zero-order chi connectivity index (χ0) is 12.4. The van der Waals surface area contributed by atoms with Gasteiger partial charge in [-0.3, -0.25) is 4.79 Å². The van der Waals surface area contributed by atoms with Crippen LogP contribution >= 0.6 is 22.9 Å². The molecule has 1 aromatic carbocycles. The zero-order valence-electron chi connectivity index (χ0n) is 8.54. The molecule has 0 saturated carbocycles. The van der Waals surface area contributed by atoms with E-state index >= 15 is 0 Å². The van der Waals surface area contributed by atoms with Crippen LogP contribution in [0.1, 0.15) is 15.2 Å². The highest BCUT2D eigenvalue weighted by atomic mass is 35.5. The van der Waals surface area contributed by atoms with E-state index in [1.165, 1.54) is 11.3 Å². The average Bonchev–Trinajstić information content (AvgIpc) is 2.62. The maximum absolute atomic E-state index is 12.9. The van der Waals surface area contributed by atoms with Gasteiger partial charge in [-0.25, -0.2) is 8.78 Å². The molecule has 0 aliphatic carbocycles. The van der Waals surface area contributed by atoms with Crippen molar-refractivity contribution in [2.75, 3.05) is 0 Å². The first-order valence-corrected chi connectivity index (χ1v) is 6.03. The molecule has 0 fully saturated rings. The monoisotopic (exact) mass is 272 g/mol. The minimum atomic E-state index is -0.690. The van der Waals surface area contributed by atoms with Crippen LogP contribution < -0.4 is 0 Å². The average molecular weight is 273 g/mol. The largest absolute Gasteiger partial charge is 0.293 e. The Kier molecular flexibility index (Phi) is 3.54. The lowest BCUT2D eigenvalue weighted by molar-refractivity contribution is 0.0997. The van der Waals surface area contributed by atoms with Gasteiger partial charge in [0.1, 0.15) is 11.6 Å². The number of carbonyl (C=O) groups excluding carboxylic acids is 1. The summed E-state index contributed by atoms with van der Waals surface area (Å²) in [6.45, 7) is 0. The molecule has 0 amide bonds. The van der Waals surface area contributed by atoms with E-state index in [4.69, 9.17) is 11.6 Å². The van der Waals surface area contributed by atoms with Crippen molar-refractivity contribution in [3.8, 4) is 0 Å². The van der Waals surface area contributed by atoms with E-state index in [1.807, 2.05) is 0 Å².